The van der Waals surface area contributed by atoms with E-state index in [1.54, 1.807) is 61.0 Å². The summed E-state index contributed by atoms with van der Waals surface area (Å²) in [6.45, 7) is 1.17. The molecule has 1 N–H and O–H groups in total. The summed E-state index contributed by atoms with van der Waals surface area (Å²) in [6.07, 6.45) is 3.68. The van der Waals surface area contributed by atoms with Crippen LogP contribution in [0.15, 0.2) is 47.4 Å². The summed E-state index contributed by atoms with van der Waals surface area (Å²) in [5, 5.41) is 2.84. The molecule has 0 unspecified atom stereocenters. The third kappa shape index (κ3) is 5.52. The number of anilines is 1. The number of sulfonamides is 1. The van der Waals surface area contributed by atoms with Gasteiger partial charge in [0.05, 0.1) is 19.1 Å². The van der Waals surface area contributed by atoms with E-state index >= 15 is 0 Å². The minimum atomic E-state index is -3.43. The van der Waals surface area contributed by atoms with E-state index in [-0.39, 0.29) is 12.3 Å². The molecule has 0 spiro atoms. The summed E-state index contributed by atoms with van der Waals surface area (Å²) in [5.74, 6) is 1.04. The van der Waals surface area contributed by atoms with Crippen LogP contribution >= 0.6 is 0 Å². The molecule has 1 fully saturated rings. The van der Waals surface area contributed by atoms with Crippen LogP contribution in [-0.4, -0.2) is 45.9 Å². The third-order valence-electron chi connectivity index (χ3n) is 5.15. The summed E-state index contributed by atoms with van der Waals surface area (Å²) < 4.78 is 37.4. The number of hydrogen-bond acceptors (Lipinski definition) is 5. The second kappa shape index (κ2) is 9.95. The fourth-order valence-electron chi connectivity index (χ4n) is 3.44. The molecule has 0 saturated carbocycles. The molecule has 0 radical (unpaired) electrons. The van der Waals surface area contributed by atoms with Gasteiger partial charge in [-0.1, -0.05) is 18.6 Å². The first-order valence-electron chi connectivity index (χ1n) is 10.0. The van der Waals surface area contributed by atoms with Crippen LogP contribution in [0.25, 0.3) is 0 Å². The number of nitrogens with one attached hydrogen (secondary N) is 1. The summed E-state index contributed by atoms with van der Waals surface area (Å²) >= 11 is 0. The van der Waals surface area contributed by atoms with E-state index in [1.807, 2.05) is 0 Å². The van der Waals surface area contributed by atoms with Gasteiger partial charge in [0.15, 0.2) is 0 Å². The van der Waals surface area contributed by atoms with Crippen molar-refractivity contribution in [3.63, 3.8) is 0 Å². The van der Waals surface area contributed by atoms with Crippen molar-refractivity contribution in [3.05, 3.63) is 48.0 Å². The minimum Gasteiger partial charge on any atom is -0.497 e. The van der Waals surface area contributed by atoms with Gasteiger partial charge in [-0.05, 0) is 37.0 Å². The number of piperidine rings is 1. The van der Waals surface area contributed by atoms with Crippen molar-refractivity contribution < 1.29 is 22.7 Å². The Hall–Kier alpha value is -2.58. The summed E-state index contributed by atoms with van der Waals surface area (Å²) in [7, 11) is -0.331. The van der Waals surface area contributed by atoms with Crippen molar-refractivity contribution in [2.24, 2.45) is 0 Å². The van der Waals surface area contributed by atoms with E-state index in [2.05, 4.69) is 5.32 Å². The fraction of sp³-hybridized carbons (Fsp3) is 0.409. The molecular weight excluding hydrogens is 404 g/mol. The third-order valence-corrected chi connectivity index (χ3v) is 7.06. The average molecular weight is 433 g/mol. The molecule has 30 heavy (non-hydrogen) atoms. The first-order valence-corrected chi connectivity index (χ1v) is 11.5. The number of nitrogens with zero attached hydrogens (tertiary/aromatic N) is 1. The number of benzene rings is 2. The van der Waals surface area contributed by atoms with Gasteiger partial charge in [-0.25, -0.2) is 8.42 Å². The molecule has 3 rings (SSSR count). The number of methoxy groups -OCH3 is 2. The molecule has 1 aliphatic rings. The monoisotopic (exact) mass is 432 g/mol. The maximum atomic E-state index is 12.7. The Kier molecular flexibility index (Phi) is 7.33. The summed E-state index contributed by atoms with van der Waals surface area (Å²) in [4.78, 5) is 12.6. The van der Waals surface area contributed by atoms with Gasteiger partial charge < -0.3 is 14.8 Å². The lowest BCUT2D eigenvalue weighted by atomic mass is 10.1. The molecule has 0 atom stereocenters. The van der Waals surface area contributed by atoms with Gasteiger partial charge in [0.2, 0.25) is 15.9 Å². The zero-order chi connectivity index (χ0) is 21.6. The van der Waals surface area contributed by atoms with Crippen molar-refractivity contribution in [2.75, 3.05) is 32.6 Å². The lowest BCUT2D eigenvalue weighted by Gasteiger charge is -2.25. The van der Waals surface area contributed by atoms with E-state index in [1.165, 1.54) is 0 Å². The molecule has 2 aromatic carbocycles. The molecule has 1 aliphatic heterocycles. The number of hydrogen-bond donors (Lipinski definition) is 1. The van der Waals surface area contributed by atoms with Gasteiger partial charge in [0.1, 0.15) is 11.5 Å². The first kappa shape index (κ1) is 22.1. The van der Waals surface area contributed by atoms with Gasteiger partial charge in [-0.15, -0.1) is 0 Å². The van der Waals surface area contributed by atoms with E-state index < -0.39 is 10.0 Å². The lowest BCUT2D eigenvalue weighted by molar-refractivity contribution is -0.116. The predicted molar refractivity (Wildman–Crippen MR) is 116 cm³/mol. The Balaban J connectivity index is 1.58. The highest BCUT2D eigenvalue weighted by Gasteiger charge is 2.25. The summed E-state index contributed by atoms with van der Waals surface area (Å²) in [6, 6.07) is 12.0. The molecule has 162 valence electrons. The molecule has 0 aromatic heterocycles. The Morgan fingerprint density at radius 3 is 2.13 bits per heavy atom. The second-order valence-corrected chi connectivity index (χ2v) is 9.20. The van der Waals surface area contributed by atoms with Crippen molar-refractivity contribution in [1.29, 1.82) is 0 Å². The van der Waals surface area contributed by atoms with Crippen LogP contribution in [0.5, 0.6) is 11.5 Å². The number of carbonyl (C=O) groups excluding carboxylic acids is 1. The van der Waals surface area contributed by atoms with Crippen LogP contribution < -0.4 is 14.8 Å². The maximum absolute atomic E-state index is 12.7. The molecule has 8 heteroatoms. The van der Waals surface area contributed by atoms with E-state index in [9.17, 15) is 13.2 Å². The number of ether oxygens (including phenoxy) is 2. The van der Waals surface area contributed by atoms with Gasteiger partial charge in [0, 0.05) is 43.4 Å². The standard InChI is InChI=1S/C22H28N2O5S/c1-28-19-14-18(15-20(16-19)29-2)23-22(25)11-8-17-6-9-21(10-7-17)30(26,27)24-12-4-3-5-13-24/h6-7,9-10,14-16H,3-5,8,11-13H2,1-2H3,(H,23,25). The minimum absolute atomic E-state index is 0.143. The van der Waals surface area contributed by atoms with Crippen LogP contribution in [0.1, 0.15) is 31.2 Å². The molecule has 0 aliphatic carbocycles. The largest absolute Gasteiger partial charge is 0.497 e. The number of aryl methyl sites for hydroxylation is 1. The van der Waals surface area contributed by atoms with Crippen LogP contribution in [0.4, 0.5) is 5.69 Å². The number of carbonyl (C=O) groups is 1. The SMILES string of the molecule is COc1cc(NC(=O)CCc2ccc(S(=O)(=O)N3CCCCC3)cc2)cc(OC)c1. The molecule has 2 aromatic rings. The zero-order valence-corrected chi connectivity index (χ0v) is 18.2. The van der Waals surface area contributed by atoms with Crippen molar-refractivity contribution >= 4 is 21.6 Å². The Bertz CT molecular complexity index is 945. The Morgan fingerprint density at radius 2 is 1.57 bits per heavy atom. The van der Waals surface area contributed by atoms with Crippen LogP contribution in [0.2, 0.25) is 0 Å². The molecular formula is C22H28N2O5S. The van der Waals surface area contributed by atoms with Crippen molar-refractivity contribution in [2.45, 2.75) is 37.0 Å². The van der Waals surface area contributed by atoms with Crippen molar-refractivity contribution in [1.82, 2.24) is 4.31 Å². The predicted octanol–water partition coefficient (Wildman–Crippen LogP) is 3.45. The molecule has 1 heterocycles. The van der Waals surface area contributed by atoms with E-state index in [0.717, 1.165) is 24.8 Å². The van der Waals surface area contributed by atoms with E-state index in [0.29, 0.717) is 41.6 Å². The normalized spacial score (nSPS) is 14.9. The van der Waals surface area contributed by atoms with Gasteiger partial charge in [-0.2, -0.15) is 4.31 Å². The highest BCUT2D eigenvalue weighted by atomic mass is 32.2. The lowest BCUT2D eigenvalue weighted by Crippen LogP contribution is -2.35. The topological polar surface area (TPSA) is 84.9 Å². The number of amides is 1. The molecule has 0 bridgehead atoms. The van der Waals surface area contributed by atoms with Crippen LogP contribution in [0.3, 0.4) is 0 Å². The average Bonchev–Trinajstić information content (AvgIpc) is 2.78. The smallest absolute Gasteiger partial charge is 0.243 e. The maximum Gasteiger partial charge on any atom is 0.243 e. The summed E-state index contributed by atoms with van der Waals surface area (Å²) in [5.41, 5.74) is 1.50. The first-order chi connectivity index (χ1) is 14.4. The molecule has 7 nitrogen and oxygen atoms in total. The van der Waals surface area contributed by atoms with Gasteiger partial charge in [-0.3, -0.25) is 4.79 Å². The van der Waals surface area contributed by atoms with E-state index in [4.69, 9.17) is 9.47 Å². The van der Waals surface area contributed by atoms with Crippen LogP contribution in [0, 0.1) is 0 Å². The van der Waals surface area contributed by atoms with Crippen molar-refractivity contribution in [3.8, 4) is 11.5 Å². The molecule has 1 saturated heterocycles. The fourth-order valence-corrected chi connectivity index (χ4v) is 4.96. The Labute approximate surface area is 178 Å². The highest BCUT2D eigenvalue weighted by molar-refractivity contribution is 7.89. The Morgan fingerprint density at radius 1 is 0.967 bits per heavy atom. The van der Waals surface area contributed by atoms with Crippen LogP contribution in [-0.2, 0) is 21.2 Å². The molecule has 1 amide bonds. The number of rotatable bonds is 8. The second-order valence-electron chi connectivity index (χ2n) is 7.26. The van der Waals surface area contributed by atoms with Gasteiger partial charge in [0.25, 0.3) is 0 Å². The van der Waals surface area contributed by atoms with Gasteiger partial charge >= 0.3 is 0 Å². The quantitative estimate of drug-likeness (QED) is 0.691. The zero-order valence-electron chi connectivity index (χ0n) is 17.4. The highest BCUT2D eigenvalue weighted by Crippen LogP contribution is 2.26.